The quantitative estimate of drug-likeness (QED) is 0.138. The summed E-state index contributed by atoms with van der Waals surface area (Å²) >= 11 is 1.43. The number of thioether (sulfide) groups is 1. The monoisotopic (exact) mass is 592 g/mol. The zero-order chi connectivity index (χ0) is 30.9. The molecule has 8 heteroatoms. The minimum absolute atomic E-state index is 0.0880. The van der Waals surface area contributed by atoms with Crippen molar-refractivity contribution in [2.24, 2.45) is 0 Å². The van der Waals surface area contributed by atoms with Crippen LogP contribution in [-0.2, 0) is 9.59 Å². The van der Waals surface area contributed by atoms with Crippen molar-refractivity contribution in [2.75, 3.05) is 29.6 Å². The van der Waals surface area contributed by atoms with Gasteiger partial charge in [-0.15, -0.1) is 11.8 Å². The fourth-order valence-corrected chi connectivity index (χ4v) is 5.21. The molecule has 0 aliphatic carbocycles. The summed E-state index contributed by atoms with van der Waals surface area (Å²) in [5.74, 6) is -0.927. The van der Waals surface area contributed by atoms with Gasteiger partial charge in [0.05, 0.1) is 5.25 Å². The molecule has 43 heavy (non-hydrogen) atoms. The molecule has 0 fully saturated rings. The van der Waals surface area contributed by atoms with Crippen LogP contribution in [0.5, 0.6) is 0 Å². The van der Waals surface area contributed by atoms with E-state index in [1.54, 1.807) is 42.5 Å². The largest absolute Gasteiger partial charge is 0.378 e. The number of carbonyl (C=O) groups is 3. The first-order chi connectivity index (χ1) is 20.6. The zero-order valence-corrected chi connectivity index (χ0v) is 25.8. The van der Waals surface area contributed by atoms with Crippen LogP contribution in [0.2, 0.25) is 0 Å². The van der Waals surface area contributed by atoms with E-state index in [1.165, 1.54) is 11.8 Å². The Morgan fingerprint density at radius 1 is 0.767 bits per heavy atom. The number of anilines is 3. The van der Waals surface area contributed by atoms with Crippen LogP contribution in [-0.4, -0.2) is 37.1 Å². The van der Waals surface area contributed by atoms with Crippen LogP contribution >= 0.6 is 11.8 Å². The molecule has 1 atom stereocenters. The summed E-state index contributed by atoms with van der Waals surface area (Å²) in [5.41, 5.74) is 5.87. The van der Waals surface area contributed by atoms with Crippen molar-refractivity contribution >= 4 is 52.6 Å². The third-order valence-corrected chi connectivity index (χ3v) is 7.64. The molecule has 4 aromatic carbocycles. The van der Waals surface area contributed by atoms with Crippen molar-refractivity contribution in [1.82, 2.24) is 5.32 Å². The molecule has 0 heterocycles. The smallest absolute Gasteiger partial charge is 0.272 e. The maximum atomic E-state index is 13.4. The summed E-state index contributed by atoms with van der Waals surface area (Å²) in [4.78, 5) is 42.0. The lowest BCUT2D eigenvalue weighted by Gasteiger charge is -2.14. The standard InChI is InChI=1S/C35H36N4O3S/c1-23-19-24(2)21-29(20-23)37-33(40)25(3)43-31-17-13-28(14-18-31)36-35(42)32(38-34(41)27-9-7-6-8-10-27)22-26-11-15-30(16-12-26)39(4)5/h6-22,25H,1-5H3,(H,36,42)(H,37,40)(H,38,41)/b32-22-. The van der Waals surface area contributed by atoms with Gasteiger partial charge in [0.15, 0.2) is 0 Å². The number of amides is 3. The Morgan fingerprint density at radius 3 is 2.00 bits per heavy atom. The van der Waals surface area contributed by atoms with Crippen molar-refractivity contribution in [3.05, 3.63) is 125 Å². The Balaban J connectivity index is 1.44. The Labute approximate surface area is 257 Å². The topological polar surface area (TPSA) is 90.5 Å². The normalized spacial score (nSPS) is 11.8. The summed E-state index contributed by atoms with van der Waals surface area (Å²) in [6.07, 6.45) is 1.65. The molecular weight excluding hydrogens is 556 g/mol. The molecule has 1 unspecified atom stereocenters. The van der Waals surface area contributed by atoms with E-state index < -0.39 is 5.91 Å². The van der Waals surface area contributed by atoms with Gasteiger partial charge in [-0.1, -0.05) is 36.4 Å². The van der Waals surface area contributed by atoms with Crippen molar-refractivity contribution in [1.29, 1.82) is 0 Å². The molecule has 0 saturated heterocycles. The molecule has 4 aromatic rings. The van der Waals surface area contributed by atoms with Crippen LogP contribution < -0.4 is 20.9 Å². The van der Waals surface area contributed by atoms with E-state index in [4.69, 9.17) is 0 Å². The van der Waals surface area contributed by atoms with Crippen molar-refractivity contribution in [3.8, 4) is 0 Å². The lowest BCUT2D eigenvalue weighted by molar-refractivity contribution is -0.115. The van der Waals surface area contributed by atoms with E-state index in [1.807, 2.05) is 94.4 Å². The number of rotatable bonds is 10. The molecule has 0 aliphatic rings. The average Bonchev–Trinajstić information content (AvgIpc) is 2.98. The minimum atomic E-state index is -0.456. The summed E-state index contributed by atoms with van der Waals surface area (Å²) in [6.45, 7) is 5.86. The first kappa shape index (κ1) is 31.1. The van der Waals surface area contributed by atoms with Crippen LogP contribution in [0.1, 0.15) is 34.0 Å². The number of benzene rings is 4. The van der Waals surface area contributed by atoms with E-state index >= 15 is 0 Å². The van der Waals surface area contributed by atoms with Crippen molar-refractivity contribution in [2.45, 2.75) is 30.9 Å². The molecule has 3 amide bonds. The lowest BCUT2D eigenvalue weighted by atomic mass is 10.1. The zero-order valence-electron chi connectivity index (χ0n) is 25.0. The Bertz CT molecular complexity index is 1600. The molecule has 3 N–H and O–H groups in total. The molecule has 220 valence electrons. The SMILES string of the molecule is Cc1cc(C)cc(NC(=O)C(C)Sc2ccc(NC(=O)/C(=C/c3ccc(N(C)C)cc3)NC(=O)c3ccccc3)cc2)c1. The van der Waals surface area contributed by atoms with Crippen LogP contribution in [0.15, 0.2) is 108 Å². The van der Waals surface area contributed by atoms with Gasteiger partial charge in [0.1, 0.15) is 5.70 Å². The average molecular weight is 593 g/mol. The predicted molar refractivity (Wildman–Crippen MR) is 178 cm³/mol. The maximum Gasteiger partial charge on any atom is 0.272 e. The van der Waals surface area contributed by atoms with Gasteiger partial charge in [-0.05, 0) is 104 Å². The Kier molecular flexibility index (Phi) is 10.4. The minimum Gasteiger partial charge on any atom is -0.378 e. The molecule has 7 nitrogen and oxygen atoms in total. The highest BCUT2D eigenvalue weighted by atomic mass is 32.2. The fraction of sp³-hybridized carbons (Fsp3) is 0.171. The van der Waals surface area contributed by atoms with Gasteiger partial charge in [-0.25, -0.2) is 0 Å². The number of hydrogen-bond acceptors (Lipinski definition) is 5. The van der Waals surface area contributed by atoms with E-state index in [0.29, 0.717) is 11.3 Å². The highest BCUT2D eigenvalue weighted by Gasteiger charge is 2.17. The maximum absolute atomic E-state index is 13.4. The molecule has 0 aromatic heterocycles. The van der Waals surface area contributed by atoms with Crippen LogP contribution in [0.3, 0.4) is 0 Å². The fourth-order valence-electron chi connectivity index (χ4n) is 4.34. The molecule has 0 saturated carbocycles. The number of hydrogen-bond donors (Lipinski definition) is 3. The number of carbonyl (C=O) groups excluding carboxylic acids is 3. The summed E-state index contributed by atoms with van der Waals surface area (Å²) in [5, 5.41) is 8.30. The summed E-state index contributed by atoms with van der Waals surface area (Å²) in [7, 11) is 3.91. The van der Waals surface area contributed by atoms with Crippen LogP contribution in [0, 0.1) is 13.8 Å². The van der Waals surface area contributed by atoms with E-state index in [-0.39, 0.29) is 22.8 Å². The Morgan fingerprint density at radius 2 is 1.40 bits per heavy atom. The van der Waals surface area contributed by atoms with Gasteiger partial charge >= 0.3 is 0 Å². The van der Waals surface area contributed by atoms with Gasteiger partial charge in [0, 0.05) is 41.6 Å². The predicted octanol–water partition coefficient (Wildman–Crippen LogP) is 6.90. The third-order valence-electron chi connectivity index (χ3n) is 6.53. The van der Waals surface area contributed by atoms with Gasteiger partial charge in [-0.2, -0.15) is 0 Å². The van der Waals surface area contributed by atoms with Crippen LogP contribution in [0.25, 0.3) is 6.08 Å². The Hall–Kier alpha value is -4.82. The van der Waals surface area contributed by atoms with E-state index in [9.17, 15) is 14.4 Å². The molecular formula is C35H36N4O3S. The second-order valence-corrected chi connectivity index (χ2v) is 11.9. The van der Waals surface area contributed by atoms with Gasteiger partial charge in [0.25, 0.3) is 11.8 Å². The van der Waals surface area contributed by atoms with Crippen LogP contribution in [0.4, 0.5) is 17.1 Å². The highest BCUT2D eigenvalue weighted by Crippen LogP contribution is 2.26. The summed E-state index contributed by atoms with van der Waals surface area (Å²) in [6, 6.07) is 29.6. The number of aryl methyl sites for hydroxylation is 2. The van der Waals surface area contributed by atoms with Crippen molar-refractivity contribution < 1.29 is 14.4 Å². The second kappa shape index (κ2) is 14.4. The number of nitrogens with one attached hydrogen (secondary N) is 3. The molecule has 0 radical (unpaired) electrons. The van der Waals surface area contributed by atoms with E-state index in [2.05, 4.69) is 22.0 Å². The van der Waals surface area contributed by atoms with Gasteiger partial charge in [0.2, 0.25) is 5.91 Å². The van der Waals surface area contributed by atoms with Gasteiger partial charge < -0.3 is 20.9 Å². The molecule has 4 rings (SSSR count). The summed E-state index contributed by atoms with van der Waals surface area (Å²) < 4.78 is 0. The van der Waals surface area contributed by atoms with Gasteiger partial charge in [-0.3, -0.25) is 14.4 Å². The van der Waals surface area contributed by atoms with E-state index in [0.717, 1.165) is 33.0 Å². The third kappa shape index (κ3) is 9.08. The highest BCUT2D eigenvalue weighted by molar-refractivity contribution is 8.00. The van der Waals surface area contributed by atoms with Crippen molar-refractivity contribution in [3.63, 3.8) is 0 Å². The molecule has 0 bridgehead atoms. The first-order valence-electron chi connectivity index (χ1n) is 13.9. The second-order valence-electron chi connectivity index (χ2n) is 10.5. The molecule has 0 aliphatic heterocycles. The number of nitrogens with zero attached hydrogens (tertiary/aromatic N) is 1. The lowest BCUT2D eigenvalue weighted by Crippen LogP contribution is -2.30. The molecule has 0 spiro atoms. The first-order valence-corrected chi connectivity index (χ1v) is 14.8.